The van der Waals surface area contributed by atoms with Crippen LogP contribution in [-0.4, -0.2) is 28.3 Å². The highest BCUT2D eigenvalue weighted by atomic mass is 16.2. The lowest BCUT2D eigenvalue weighted by atomic mass is 10.0. The molecular formula is C24H32N2O2. The normalized spacial score (nSPS) is 12.4. The summed E-state index contributed by atoms with van der Waals surface area (Å²) < 4.78 is 0. The third-order valence-corrected chi connectivity index (χ3v) is 4.71. The Labute approximate surface area is 169 Å². The molecule has 0 aliphatic heterocycles. The van der Waals surface area contributed by atoms with Gasteiger partial charge in [0.2, 0.25) is 11.8 Å². The van der Waals surface area contributed by atoms with E-state index in [1.807, 2.05) is 83.1 Å². The molecule has 4 heteroatoms. The fourth-order valence-corrected chi connectivity index (χ4v) is 3.13. The van der Waals surface area contributed by atoms with Gasteiger partial charge in [-0.05, 0) is 58.2 Å². The van der Waals surface area contributed by atoms with Crippen LogP contribution in [0.15, 0.2) is 48.5 Å². The van der Waals surface area contributed by atoms with Gasteiger partial charge in [0.1, 0.15) is 6.04 Å². The minimum atomic E-state index is -0.559. The summed E-state index contributed by atoms with van der Waals surface area (Å²) in [6.07, 6.45) is 0.278. The van der Waals surface area contributed by atoms with Crippen molar-refractivity contribution in [2.75, 3.05) is 0 Å². The van der Waals surface area contributed by atoms with Crippen molar-refractivity contribution >= 4 is 11.8 Å². The van der Waals surface area contributed by atoms with E-state index in [2.05, 4.69) is 5.32 Å². The Morgan fingerprint density at radius 2 is 1.71 bits per heavy atom. The van der Waals surface area contributed by atoms with Gasteiger partial charge in [-0.3, -0.25) is 9.59 Å². The van der Waals surface area contributed by atoms with E-state index in [9.17, 15) is 9.59 Å². The number of benzene rings is 2. The van der Waals surface area contributed by atoms with Gasteiger partial charge in [-0.2, -0.15) is 0 Å². The van der Waals surface area contributed by atoms with Gasteiger partial charge in [-0.1, -0.05) is 54.1 Å². The average Bonchev–Trinajstić information content (AvgIpc) is 2.59. The molecule has 0 saturated heterocycles. The van der Waals surface area contributed by atoms with Crippen molar-refractivity contribution in [1.29, 1.82) is 0 Å². The Kier molecular flexibility index (Phi) is 7.00. The van der Waals surface area contributed by atoms with E-state index in [0.29, 0.717) is 6.54 Å². The molecule has 0 aromatic heterocycles. The maximum absolute atomic E-state index is 13.2. The van der Waals surface area contributed by atoms with E-state index in [1.54, 1.807) is 11.8 Å². The summed E-state index contributed by atoms with van der Waals surface area (Å²) in [7, 11) is 0. The lowest BCUT2D eigenvalue weighted by Crippen LogP contribution is -2.52. The number of hydrogen-bond donors (Lipinski definition) is 1. The first-order valence-corrected chi connectivity index (χ1v) is 9.78. The summed E-state index contributed by atoms with van der Waals surface area (Å²) in [4.78, 5) is 27.7. The molecule has 0 heterocycles. The first-order valence-electron chi connectivity index (χ1n) is 9.78. The molecule has 0 aliphatic carbocycles. The monoisotopic (exact) mass is 380 g/mol. The second-order valence-electron chi connectivity index (χ2n) is 8.53. The second kappa shape index (κ2) is 9.05. The van der Waals surface area contributed by atoms with Gasteiger partial charge in [0.05, 0.1) is 6.42 Å². The van der Waals surface area contributed by atoms with Gasteiger partial charge in [0, 0.05) is 12.1 Å². The summed E-state index contributed by atoms with van der Waals surface area (Å²) in [5.74, 6) is -0.191. The number of rotatable bonds is 6. The van der Waals surface area contributed by atoms with Crippen molar-refractivity contribution in [3.63, 3.8) is 0 Å². The predicted molar refractivity (Wildman–Crippen MR) is 114 cm³/mol. The molecule has 1 N–H and O–H groups in total. The summed E-state index contributed by atoms with van der Waals surface area (Å²) in [6.45, 7) is 12.1. The molecular weight excluding hydrogens is 348 g/mol. The number of nitrogens with one attached hydrogen (secondary N) is 1. The van der Waals surface area contributed by atoms with E-state index in [1.165, 1.54) is 0 Å². The fourth-order valence-electron chi connectivity index (χ4n) is 3.13. The topological polar surface area (TPSA) is 49.4 Å². The number of nitrogens with zero attached hydrogens (tertiary/aromatic N) is 1. The number of carbonyl (C=O) groups is 2. The molecule has 2 aromatic rings. The lowest BCUT2D eigenvalue weighted by molar-refractivity contribution is -0.140. The summed E-state index contributed by atoms with van der Waals surface area (Å²) in [6, 6.07) is 15.4. The van der Waals surface area contributed by atoms with Gasteiger partial charge >= 0.3 is 0 Å². The molecule has 2 aromatic carbocycles. The quantitative estimate of drug-likeness (QED) is 0.817. The van der Waals surface area contributed by atoms with Crippen molar-refractivity contribution in [2.45, 2.75) is 66.1 Å². The van der Waals surface area contributed by atoms with Crippen LogP contribution in [0.25, 0.3) is 0 Å². The second-order valence-corrected chi connectivity index (χ2v) is 8.53. The minimum Gasteiger partial charge on any atom is -0.350 e. The number of carbonyl (C=O) groups excluding carboxylic acids is 2. The number of hydrogen-bond acceptors (Lipinski definition) is 2. The number of aryl methyl sites for hydroxylation is 2. The third kappa shape index (κ3) is 6.22. The smallest absolute Gasteiger partial charge is 0.242 e. The van der Waals surface area contributed by atoms with Gasteiger partial charge in [-0.15, -0.1) is 0 Å². The highest BCUT2D eigenvalue weighted by Crippen LogP contribution is 2.16. The van der Waals surface area contributed by atoms with E-state index >= 15 is 0 Å². The molecule has 0 fully saturated rings. The van der Waals surface area contributed by atoms with E-state index in [4.69, 9.17) is 0 Å². The van der Waals surface area contributed by atoms with Crippen molar-refractivity contribution in [1.82, 2.24) is 10.2 Å². The van der Waals surface area contributed by atoms with Gasteiger partial charge in [-0.25, -0.2) is 0 Å². The Morgan fingerprint density at radius 1 is 1.04 bits per heavy atom. The van der Waals surface area contributed by atoms with Crippen molar-refractivity contribution < 1.29 is 9.59 Å². The molecule has 0 saturated carbocycles. The highest BCUT2D eigenvalue weighted by molar-refractivity contribution is 5.88. The van der Waals surface area contributed by atoms with Crippen molar-refractivity contribution in [2.24, 2.45) is 0 Å². The van der Waals surface area contributed by atoms with Gasteiger partial charge in [0.15, 0.2) is 0 Å². The zero-order valence-corrected chi connectivity index (χ0v) is 17.9. The van der Waals surface area contributed by atoms with Crippen molar-refractivity contribution in [3.05, 3.63) is 70.8 Å². The van der Waals surface area contributed by atoms with Crippen LogP contribution in [0.5, 0.6) is 0 Å². The molecule has 0 bridgehead atoms. The summed E-state index contributed by atoms with van der Waals surface area (Å²) in [5.41, 5.74) is 3.89. The largest absolute Gasteiger partial charge is 0.350 e. The highest BCUT2D eigenvalue weighted by Gasteiger charge is 2.28. The molecule has 28 heavy (non-hydrogen) atoms. The molecule has 150 valence electrons. The predicted octanol–water partition coefficient (Wildman–Crippen LogP) is 4.18. The summed E-state index contributed by atoms with van der Waals surface area (Å²) >= 11 is 0. The SMILES string of the molecule is Cc1cccc(CC(=O)N(Cc2ccccc2C)[C@H](C)C(=O)NC(C)(C)C)c1. The molecule has 0 spiro atoms. The first kappa shape index (κ1) is 21.7. The summed E-state index contributed by atoms with van der Waals surface area (Å²) in [5, 5.41) is 2.99. The minimum absolute atomic E-state index is 0.0505. The Hall–Kier alpha value is -2.62. The number of amides is 2. The zero-order valence-electron chi connectivity index (χ0n) is 17.9. The first-order chi connectivity index (χ1) is 13.1. The van der Waals surface area contributed by atoms with E-state index < -0.39 is 6.04 Å². The van der Waals surface area contributed by atoms with E-state index in [-0.39, 0.29) is 23.8 Å². The Morgan fingerprint density at radius 3 is 2.32 bits per heavy atom. The van der Waals surface area contributed by atoms with Crippen molar-refractivity contribution in [3.8, 4) is 0 Å². The van der Waals surface area contributed by atoms with Crippen LogP contribution >= 0.6 is 0 Å². The average molecular weight is 381 g/mol. The standard InChI is InChI=1S/C24H32N2O2/c1-17-10-9-12-20(14-17)15-22(27)26(16-21-13-8-7-11-18(21)2)19(3)23(28)25-24(4,5)6/h7-14,19H,15-16H2,1-6H3,(H,25,28)/t19-/m1/s1. The van der Waals surface area contributed by atoms with Crippen LogP contribution in [0.1, 0.15) is 49.9 Å². The van der Waals surface area contributed by atoms with Crippen LogP contribution in [0, 0.1) is 13.8 Å². The Bertz CT molecular complexity index is 836. The van der Waals surface area contributed by atoms with Crippen LogP contribution in [0.2, 0.25) is 0 Å². The zero-order chi connectivity index (χ0) is 20.9. The van der Waals surface area contributed by atoms with Crippen LogP contribution < -0.4 is 5.32 Å². The van der Waals surface area contributed by atoms with E-state index in [0.717, 1.165) is 22.3 Å². The van der Waals surface area contributed by atoms with Crippen LogP contribution in [0.3, 0.4) is 0 Å². The fraction of sp³-hybridized carbons (Fsp3) is 0.417. The van der Waals surface area contributed by atoms with Gasteiger partial charge < -0.3 is 10.2 Å². The third-order valence-electron chi connectivity index (χ3n) is 4.71. The molecule has 0 unspecified atom stereocenters. The molecule has 2 amide bonds. The molecule has 0 aliphatic rings. The molecule has 0 radical (unpaired) electrons. The Balaban J connectivity index is 2.27. The van der Waals surface area contributed by atoms with Crippen LogP contribution in [0.4, 0.5) is 0 Å². The maximum atomic E-state index is 13.2. The lowest BCUT2D eigenvalue weighted by Gasteiger charge is -2.32. The maximum Gasteiger partial charge on any atom is 0.242 e. The van der Waals surface area contributed by atoms with Crippen LogP contribution in [-0.2, 0) is 22.6 Å². The molecule has 1 atom stereocenters. The van der Waals surface area contributed by atoms with Gasteiger partial charge in [0.25, 0.3) is 0 Å². The molecule has 2 rings (SSSR count). The molecule has 4 nitrogen and oxygen atoms in total.